The van der Waals surface area contributed by atoms with Gasteiger partial charge in [-0.05, 0) is 50.2 Å². The van der Waals surface area contributed by atoms with Gasteiger partial charge in [0.1, 0.15) is 11.5 Å². The molecule has 1 N–H and O–H groups in total. The first-order valence-electron chi connectivity index (χ1n) is 10.7. The summed E-state index contributed by atoms with van der Waals surface area (Å²) in [5, 5.41) is 3.08. The van der Waals surface area contributed by atoms with Crippen molar-refractivity contribution >= 4 is 17.5 Å². The Bertz CT molecular complexity index is 861. The maximum atomic E-state index is 12.9. The van der Waals surface area contributed by atoms with Gasteiger partial charge in [0.2, 0.25) is 11.8 Å². The molecule has 3 heterocycles. The van der Waals surface area contributed by atoms with E-state index in [1.165, 1.54) is 6.42 Å². The zero-order valence-electron chi connectivity index (χ0n) is 17.4. The molecule has 0 radical (unpaired) electrons. The normalized spacial score (nSPS) is 20.9. The van der Waals surface area contributed by atoms with Crippen molar-refractivity contribution in [3.63, 3.8) is 0 Å². The van der Waals surface area contributed by atoms with Crippen LogP contribution in [0.15, 0.2) is 47.1 Å². The number of para-hydroxylation sites is 2. The molecule has 4 rings (SSSR count). The Morgan fingerprint density at radius 2 is 2.00 bits per heavy atom. The third-order valence-corrected chi connectivity index (χ3v) is 6.04. The number of rotatable bonds is 7. The Hall–Kier alpha value is -2.80. The first kappa shape index (κ1) is 20.5. The molecule has 2 aliphatic heterocycles. The highest BCUT2D eigenvalue weighted by molar-refractivity contribution is 6.01. The Morgan fingerprint density at radius 1 is 1.20 bits per heavy atom. The molecule has 2 fully saturated rings. The van der Waals surface area contributed by atoms with Gasteiger partial charge in [0.25, 0.3) is 0 Å². The van der Waals surface area contributed by atoms with Crippen LogP contribution in [-0.2, 0) is 9.59 Å². The summed E-state index contributed by atoms with van der Waals surface area (Å²) in [5.41, 5.74) is 0.710. The van der Waals surface area contributed by atoms with Crippen LogP contribution in [0.2, 0.25) is 0 Å². The van der Waals surface area contributed by atoms with Crippen LogP contribution in [0.1, 0.15) is 37.5 Å². The number of benzene rings is 1. The van der Waals surface area contributed by atoms with Crippen molar-refractivity contribution < 1.29 is 18.7 Å². The van der Waals surface area contributed by atoms with E-state index in [2.05, 4.69) is 10.2 Å². The molecule has 2 aliphatic rings. The van der Waals surface area contributed by atoms with Gasteiger partial charge < -0.3 is 19.4 Å². The molecule has 0 aliphatic carbocycles. The lowest BCUT2D eigenvalue weighted by molar-refractivity contribution is -0.126. The summed E-state index contributed by atoms with van der Waals surface area (Å²) in [6.45, 7) is 2.85. The number of carbonyl (C=O) groups excluding carboxylic acids is 2. The second kappa shape index (κ2) is 9.34. The molecule has 2 atom stereocenters. The molecule has 7 heteroatoms. The first-order chi connectivity index (χ1) is 14.7. The summed E-state index contributed by atoms with van der Waals surface area (Å²) in [5.74, 6) is 0.985. The average molecular weight is 412 g/mol. The van der Waals surface area contributed by atoms with Crippen LogP contribution in [0.4, 0.5) is 5.69 Å². The van der Waals surface area contributed by atoms with Crippen LogP contribution < -0.4 is 15.0 Å². The predicted molar refractivity (Wildman–Crippen MR) is 113 cm³/mol. The Balaban J connectivity index is 1.40. The standard InChI is InChI=1S/C23H29N3O4/c1-29-20-9-4-3-8-18(20)26-16-17(14-22(26)27)23(28)24-15-19(21-10-7-13-30-21)25-11-5-2-6-12-25/h3-4,7-10,13,17,19H,2,5-6,11-12,14-16H2,1H3,(H,24,28). The highest BCUT2D eigenvalue weighted by Gasteiger charge is 2.36. The number of ether oxygens (including phenoxy) is 1. The van der Waals surface area contributed by atoms with Crippen molar-refractivity contribution in [2.24, 2.45) is 5.92 Å². The topological polar surface area (TPSA) is 75.0 Å². The molecule has 0 bridgehead atoms. The maximum Gasteiger partial charge on any atom is 0.227 e. The highest BCUT2D eigenvalue weighted by atomic mass is 16.5. The predicted octanol–water partition coefficient (Wildman–Crippen LogP) is 2.98. The molecule has 30 heavy (non-hydrogen) atoms. The number of carbonyl (C=O) groups is 2. The van der Waals surface area contributed by atoms with E-state index in [1.807, 2.05) is 36.4 Å². The SMILES string of the molecule is COc1ccccc1N1CC(C(=O)NCC(c2ccco2)N2CCCCC2)CC1=O. The monoisotopic (exact) mass is 411 g/mol. The Morgan fingerprint density at radius 3 is 2.73 bits per heavy atom. The summed E-state index contributed by atoms with van der Waals surface area (Å²) in [6, 6.07) is 11.3. The van der Waals surface area contributed by atoms with E-state index in [4.69, 9.17) is 9.15 Å². The number of likely N-dealkylation sites (tertiary alicyclic amines) is 1. The Labute approximate surface area is 177 Å². The minimum absolute atomic E-state index is 0.0201. The van der Waals surface area contributed by atoms with E-state index in [1.54, 1.807) is 18.3 Å². The summed E-state index contributed by atoms with van der Waals surface area (Å²) in [6.07, 6.45) is 5.46. The van der Waals surface area contributed by atoms with Crippen LogP contribution in [0.3, 0.4) is 0 Å². The van der Waals surface area contributed by atoms with Gasteiger partial charge in [-0.2, -0.15) is 0 Å². The average Bonchev–Trinajstić information content (AvgIpc) is 3.44. The quantitative estimate of drug-likeness (QED) is 0.758. The van der Waals surface area contributed by atoms with Crippen molar-refractivity contribution in [1.82, 2.24) is 10.2 Å². The van der Waals surface area contributed by atoms with Crippen molar-refractivity contribution in [1.29, 1.82) is 0 Å². The molecule has 2 amide bonds. The van der Waals surface area contributed by atoms with Crippen molar-refractivity contribution in [3.8, 4) is 5.75 Å². The van der Waals surface area contributed by atoms with Gasteiger partial charge in [0, 0.05) is 19.5 Å². The number of amides is 2. The number of methoxy groups -OCH3 is 1. The lowest BCUT2D eigenvalue weighted by Crippen LogP contribution is -2.42. The van der Waals surface area contributed by atoms with Gasteiger partial charge in [0.05, 0.1) is 31.0 Å². The number of hydrogen-bond acceptors (Lipinski definition) is 5. The molecular weight excluding hydrogens is 382 g/mol. The maximum absolute atomic E-state index is 12.9. The zero-order valence-corrected chi connectivity index (χ0v) is 17.4. The summed E-state index contributed by atoms with van der Waals surface area (Å²) in [4.78, 5) is 29.5. The fraction of sp³-hybridized carbons (Fsp3) is 0.478. The van der Waals surface area contributed by atoms with Crippen LogP contribution in [0.5, 0.6) is 5.75 Å². The lowest BCUT2D eigenvalue weighted by atomic mass is 10.1. The zero-order chi connectivity index (χ0) is 20.9. The number of piperidine rings is 1. The third-order valence-electron chi connectivity index (χ3n) is 6.04. The van der Waals surface area contributed by atoms with E-state index in [-0.39, 0.29) is 30.2 Å². The number of nitrogens with zero attached hydrogens (tertiary/aromatic N) is 2. The first-order valence-corrected chi connectivity index (χ1v) is 10.7. The summed E-state index contributed by atoms with van der Waals surface area (Å²) < 4.78 is 11.0. The van der Waals surface area contributed by atoms with E-state index < -0.39 is 0 Å². The van der Waals surface area contributed by atoms with E-state index in [9.17, 15) is 9.59 Å². The molecule has 7 nitrogen and oxygen atoms in total. The van der Waals surface area contributed by atoms with Gasteiger partial charge >= 0.3 is 0 Å². The molecule has 2 aromatic rings. The van der Waals surface area contributed by atoms with Gasteiger partial charge in [-0.3, -0.25) is 14.5 Å². The van der Waals surface area contributed by atoms with Crippen LogP contribution in [0, 0.1) is 5.92 Å². The van der Waals surface area contributed by atoms with Crippen molar-refractivity contribution in [2.75, 3.05) is 38.2 Å². The van der Waals surface area contributed by atoms with Gasteiger partial charge in [-0.1, -0.05) is 18.6 Å². The molecule has 2 unspecified atom stereocenters. The largest absolute Gasteiger partial charge is 0.495 e. The molecule has 0 saturated carbocycles. The summed E-state index contributed by atoms with van der Waals surface area (Å²) >= 11 is 0. The number of hydrogen-bond donors (Lipinski definition) is 1. The van der Waals surface area contributed by atoms with E-state index in [0.717, 1.165) is 31.7 Å². The van der Waals surface area contributed by atoms with Crippen LogP contribution >= 0.6 is 0 Å². The second-order valence-electron chi connectivity index (χ2n) is 7.95. The smallest absolute Gasteiger partial charge is 0.227 e. The van der Waals surface area contributed by atoms with Gasteiger partial charge in [-0.15, -0.1) is 0 Å². The minimum atomic E-state index is -0.374. The molecule has 1 aromatic heterocycles. The summed E-state index contributed by atoms with van der Waals surface area (Å²) in [7, 11) is 1.58. The van der Waals surface area contributed by atoms with Gasteiger partial charge in [0.15, 0.2) is 0 Å². The third kappa shape index (κ3) is 4.36. The van der Waals surface area contributed by atoms with Crippen molar-refractivity contribution in [2.45, 2.75) is 31.7 Å². The highest BCUT2D eigenvalue weighted by Crippen LogP contribution is 2.33. The minimum Gasteiger partial charge on any atom is -0.495 e. The fourth-order valence-corrected chi connectivity index (χ4v) is 4.43. The Kier molecular flexibility index (Phi) is 6.38. The van der Waals surface area contributed by atoms with Crippen LogP contribution in [-0.4, -0.2) is 50.0 Å². The van der Waals surface area contributed by atoms with Crippen LogP contribution in [0.25, 0.3) is 0 Å². The molecule has 160 valence electrons. The van der Waals surface area contributed by atoms with Gasteiger partial charge in [-0.25, -0.2) is 0 Å². The second-order valence-corrected chi connectivity index (χ2v) is 7.95. The molecule has 2 saturated heterocycles. The van der Waals surface area contributed by atoms with E-state index in [0.29, 0.717) is 24.5 Å². The lowest BCUT2D eigenvalue weighted by Gasteiger charge is -2.33. The number of nitrogens with one attached hydrogen (secondary N) is 1. The molecule has 1 aromatic carbocycles. The fourth-order valence-electron chi connectivity index (χ4n) is 4.43. The number of anilines is 1. The number of furan rings is 1. The van der Waals surface area contributed by atoms with E-state index >= 15 is 0 Å². The molecular formula is C23H29N3O4. The molecule has 0 spiro atoms. The van der Waals surface area contributed by atoms with Crippen molar-refractivity contribution in [3.05, 3.63) is 48.4 Å².